The number of ether oxygens (including phenoxy) is 1. The molecule has 1 saturated heterocycles. The minimum atomic E-state index is -0.205. The van der Waals surface area contributed by atoms with E-state index in [0.717, 1.165) is 31.7 Å². The second-order valence-corrected chi connectivity index (χ2v) is 6.90. The van der Waals surface area contributed by atoms with E-state index in [2.05, 4.69) is 20.2 Å². The predicted molar refractivity (Wildman–Crippen MR) is 109 cm³/mol. The van der Waals surface area contributed by atoms with Gasteiger partial charge in [0.2, 0.25) is 5.88 Å². The summed E-state index contributed by atoms with van der Waals surface area (Å²) >= 11 is 5.87. The fraction of sp³-hybridized carbons (Fsp3) is 0.190. The summed E-state index contributed by atoms with van der Waals surface area (Å²) in [5.41, 5.74) is 1.15. The Morgan fingerprint density at radius 1 is 1.04 bits per heavy atom. The van der Waals surface area contributed by atoms with Crippen molar-refractivity contribution in [3.63, 3.8) is 0 Å². The Morgan fingerprint density at radius 2 is 1.82 bits per heavy atom. The number of nitrogens with one attached hydrogen (secondary N) is 1. The van der Waals surface area contributed by atoms with Gasteiger partial charge in [-0.15, -0.1) is 0 Å². The van der Waals surface area contributed by atoms with Gasteiger partial charge in [-0.05, 0) is 55.3 Å². The highest BCUT2D eigenvalue weighted by Gasteiger charge is 2.20. The summed E-state index contributed by atoms with van der Waals surface area (Å²) in [5, 5.41) is 3.52. The molecule has 3 heterocycles. The van der Waals surface area contributed by atoms with Crippen LogP contribution in [0.25, 0.3) is 0 Å². The second kappa shape index (κ2) is 8.27. The van der Waals surface area contributed by atoms with Crippen LogP contribution in [0.3, 0.4) is 0 Å². The first-order valence-electron chi connectivity index (χ1n) is 9.10. The van der Waals surface area contributed by atoms with Crippen LogP contribution in [0.1, 0.15) is 23.2 Å². The van der Waals surface area contributed by atoms with Crippen LogP contribution < -0.4 is 15.0 Å². The normalized spacial score (nSPS) is 13.4. The van der Waals surface area contributed by atoms with Crippen LogP contribution >= 0.6 is 11.6 Å². The lowest BCUT2D eigenvalue weighted by Crippen LogP contribution is -2.24. The first-order valence-corrected chi connectivity index (χ1v) is 9.48. The molecule has 0 aliphatic carbocycles. The van der Waals surface area contributed by atoms with Gasteiger partial charge in [-0.2, -0.15) is 0 Å². The van der Waals surface area contributed by atoms with E-state index < -0.39 is 0 Å². The minimum Gasteiger partial charge on any atom is -0.439 e. The molecule has 0 spiro atoms. The fourth-order valence-corrected chi connectivity index (χ4v) is 3.22. The van der Waals surface area contributed by atoms with Gasteiger partial charge in [-0.25, -0.2) is 9.97 Å². The highest BCUT2D eigenvalue weighted by atomic mass is 35.5. The lowest BCUT2D eigenvalue weighted by atomic mass is 10.2. The largest absolute Gasteiger partial charge is 0.439 e. The predicted octanol–water partition coefficient (Wildman–Crippen LogP) is 4.77. The number of anilines is 2. The highest BCUT2D eigenvalue weighted by Crippen LogP contribution is 2.24. The molecular weight excluding hydrogens is 376 g/mol. The van der Waals surface area contributed by atoms with Crippen molar-refractivity contribution in [2.45, 2.75) is 12.8 Å². The van der Waals surface area contributed by atoms with E-state index in [-0.39, 0.29) is 5.91 Å². The molecule has 0 radical (unpaired) electrons. The number of nitrogens with zero attached hydrogens (tertiary/aromatic N) is 3. The van der Waals surface area contributed by atoms with Gasteiger partial charge in [0.15, 0.2) is 0 Å². The second-order valence-electron chi connectivity index (χ2n) is 6.46. The molecule has 1 aliphatic rings. The molecule has 1 aromatic carbocycles. The van der Waals surface area contributed by atoms with E-state index in [1.807, 2.05) is 0 Å². The molecule has 28 heavy (non-hydrogen) atoms. The van der Waals surface area contributed by atoms with E-state index in [4.69, 9.17) is 16.3 Å². The van der Waals surface area contributed by atoms with E-state index in [0.29, 0.717) is 27.9 Å². The molecule has 2 aromatic heterocycles. The lowest BCUT2D eigenvalue weighted by molar-refractivity contribution is 0.102. The molecule has 142 valence electrons. The van der Waals surface area contributed by atoms with Gasteiger partial charge < -0.3 is 15.0 Å². The number of amides is 1. The van der Waals surface area contributed by atoms with Crippen LogP contribution in [-0.2, 0) is 0 Å². The third-order valence-electron chi connectivity index (χ3n) is 4.47. The van der Waals surface area contributed by atoms with Crippen molar-refractivity contribution in [2.75, 3.05) is 23.3 Å². The Hall–Kier alpha value is -3.12. The van der Waals surface area contributed by atoms with Crippen molar-refractivity contribution in [3.05, 3.63) is 71.5 Å². The van der Waals surface area contributed by atoms with Gasteiger partial charge in [0.1, 0.15) is 11.6 Å². The smallest absolute Gasteiger partial charge is 0.259 e. The monoisotopic (exact) mass is 394 g/mol. The number of halogens is 1. The summed E-state index contributed by atoms with van der Waals surface area (Å²) in [6, 6.07) is 14.0. The zero-order valence-corrected chi connectivity index (χ0v) is 15.9. The van der Waals surface area contributed by atoms with Crippen LogP contribution in [0.5, 0.6) is 11.6 Å². The summed E-state index contributed by atoms with van der Waals surface area (Å²) < 4.78 is 5.67. The topological polar surface area (TPSA) is 67.3 Å². The van der Waals surface area contributed by atoms with Crippen molar-refractivity contribution in [1.82, 2.24) is 9.97 Å². The van der Waals surface area contributed by atoms with Gasteiger partial charge in [0.25, 0.3) is 5.91 Å². The summed E-state index contributed by atoms with van der Waals surface area (Å²) in [7, 11) is 0. The lowest BCUT2D eigenvalue weighted by Gasteiger charge is -2.19. The van der Waals surface area contributed by atoms with Gasteiger partial charge in [-0.1, -0.05) is 11.6 Å². The van der Waals surface area contributed by atoms with Crippen LogP contribution in [0.15, 0.2) is 60.9 Å². The number of carbonyl (C=O) groups is 1. The molecule has 0 atom stereocenters. The van der Waals surface area contributed by atoms with Crippen molar-refractivity contribution >= 4 is 29.0 Å². The Labute approximate surface area is 168 Å². The van der Waals surface area contributed by atoms with Crippen LogP contribution in [0.4, 0.5) is 11.5 Å². The van der Waals surface area contributed by atoms with Gasteiger partial charge in [-0.3, -0.25) is 4.79 Å². The molecule has 0 saturated carbocycles. The molecule has 3 aromatic rings. The maximum atomic E-state index is 12.8. The maximum Gasteiger partial charge on any atom is 0.259 e. The number of benzene rings is 1. The summed E-state index contributed by atoms with van der Waals surface area (Å²) in [4.78, 5) is 23.6. The molecule has 1 aliphatic heterocycles. The molecule has 1 amide bonds. The number of rotatable bonds is 5. The number of hydrogen-bond donors (Lipinski definition) is 1. The van der Waals surface area contributed by atoms with Crippen molar-refractivity contribution in [1.29, 1.82) is 0 Å². The molecule has 7 heteroatoms. The quantitative estimate of drug-likeness (QED) is 0.674. The standard InChI is InChI=1S/C21H19ClN4O2/c22-15-5-8-17(9-6-15)28-19-10-7-16(14-24-19)25-21(27)18-4-3-11-23-20(18)26-12-1-2-13-26/h3-11,14H,1-2,12-13H2,(H,25,27). The minimum absolute atomic E-state index is 0.205. The van der Waals surface area contributed by atoms with Gasteiger partial charge in [0, 0.05) is 30.4 Å². The molecule has 4 rings (SSSR count). The van der Waals surface area contributed by atoms with E-state index in [1.165, 1.54) is 0 Å². The zero-order valence-electron chi connectivity index (χ0n) is 15.1. The summed E-state index contributed by atoms with van der Waals surface area (Å²) in [6.45, 7) is 1.85. The Balaban J connectivity index is 1.44. The molecule has 0 bridgehead atoms. The Bertz CT molecular complexity index is 955. The number of carbonyl (C=O) groups excluding carboxylic acids is 1. The van der Waals surface area contributed by atoms with E-state index in [1.54, 1.807) is 60.9 Å². The van der Waals surface area contributed by atoms with Crippen LogP contribution in [0.2, 0.25) is 5.02 Å². The summed E-state index contributed by atoms with van der Waals surface area (Å²) in [5.74, 6) is 1.59. The Kier molecular flexibility index (Phi) is 5.39. The van der Waals surface area contributed by atoms with Gasteiger partial charge >= 0.3 is 0 Å². The number of pyridine rings is 2. The molecule has 0 unspecified atom stereocenters. The highest BCUT2D eigenvalue weighted by molar-refractivity contribution is 6.30. The van der Waals surface area contributed by atoms with E-state index in [9.17, 15) is 4.79 Å². The molecule has 1 fully saturated rings. The van der Waals surface area contributed by atoms with E-state index >= 15 is 0 Å². The molecule has 1 N–H and O–H groups in total. The Morgan fingerprint density at radius 3 is 2.54 bits per heavy atom. The summed E-state index contributed by atoms with van der Waals surface area (Å²) in [6.07, 6.45) is 5.53. The molecule has 6 nitrogen and oxygen atoms in total. The maximum absolute atomic E-state index is 12.8. The average molecular weight is 395 g/mol. The number of aromatic nitrogens is 2. The first kappa shape index (κ1) is 18.3. The van der Waals surface area contributed by atoms with Crippen LogP contribution in [0, 0.1) is 0 Å². The van der Waals surface area contributed by atoms with Crippen LogP contribution in [-0.4, -0.2) is 29.0 Å². The van der Waals surface area contributed by atoms with Crippen molar-refractivity contribution in [2.24, 2.45) is 0 Å². The van der Waals surface area contributed by atoms with Crippen molar-refractivity contribution < 1.29 is 9.53 Å². The zero-order chi connectivity index (χ0) is 19.3. The fourth-order valence-electron chi connectivity index (χ4n) is 3.09. The van der Waals surface area contributed by atoms with Gasteiger partial charge in [0.05, 0.1) is 17.4 Å². The SMILES string of the molecule is O=C(Nc1ccc(Oc2ccc(Cl)cc2)nc1)c1cccnc1N1CCCC1. The van der Waals surface area contributed by atoms with Crippen molar-refractivity contribution in [3.8, 4) is 11.6 Å². The number of hydrogen-bond acceptors (Lipinski definition) is 5. The third-order valence-corrected chi connectivity index (χ3v) is 4.72. The average Bonchev–Trinajstić information content (AvgIpc) is 3.26. The first-order chi connectivity index (χ1) is 13.7. The molecular formula is C21H19ClN4O2. The third kappa shape index (κ3) is 4.23.